The number of nitrogens with one attached hydrogen (secondary N) is 1. The molecule has 4 N–H and O–H groups in total. The van der Waals surface area contributed by atoms with E-state index < -0.39 is 11.6 Å². The van der Waals surface area contributed by atoms with Crippen molar-refractivity contribution in [2.24, 2.45) is 10.8 Å². The number of pyridine rings is 2. The molecule has 162 valence electrons. The fourth-order valence-corrected chi connectivity index (χ4v) is 4.42. The summed E-state index contributed by atoms with van der Waals surface area (Å²) in [5.41, 5.74) is 9.81. The van der Waals surface area contributed by atoms with Crippen LogP contribution in [0.5, 0.6) is 0 Å². The number of benzene rings is 1. The molecule has 0 saturated heterocycles. The van der Waals surface area contributed by atoms with Crippen molar-refractivity contribution in [1.82, 2.24) is 15.0 Å². The third-order valence-electron chi connectivity index (χ3n) is 6.01. The predicted molar refractivity (Wildman–Crippen MR) is 122 cm³/mol. The second-order valence-corrected chi connectivity index (χ2v) is 8.15. The maximum atomic E-state index is 13.3. The molecule has 32 heavy (non-hydrogen) atoms. The number of rotatable bonds is 3. The van der Waals surface area contributed by atoms with E-state index in [2.05, 4.69) is 10.5 Å². The number of fused-ring (bicyclic) bond motifs is 5. The van der Waals surface area contributed by atoms with Crippen LogP contribution in [0.4, 0.5) is 0 Å². The van der Waals surface area contributed by atoms with Crippen LogP contribution in [-0.4, -0.2) is 32.0 Å². The summed E-state index contributed by atoms with van der Waals surface area (Å²) < 4.78 is 6.71. The van der Waals surface area contributed by atoms with Gasteiger partial charge in [-0.05, 0) is 30.8 Å². The standard InChI is InChI=1S/C22H19N5O4S/c1-2-22(30)15-7-17-18-13(9-27(17)19(28)14(15)10-31-20(22)29)12(8-24-26-21(23)32)11-5-3-4-6-16(11)25-18/h3-8,30H,2,9-10H2,1H3,(H3,23,26,32)/t22-/m0/s1. The Morgan fingerprint density at radius 3 is 2.94 bits per heavy atom. The van der Waals surface area contributed by atoms with Crippen molar-refractivity contribution in [3.63, 3.8) is 0 Å². The van der Waals surface area contributed by atoms with Gasteiger partial charge in [-0.15, -0.1) is 0 Å². The molecule has 0 unspecified atom stereocenters. The molecular formula is C22H19N5O4S. The number of aliphatic hydroxyl groups is 1. The third kappa shape index (κ3) is 2.84. The van der Waals surface area contributed by atoms with Crippen molar-refractivity contribution in [3.8, 4) is 11.4 Å². The molecule has 2 aliphatic rings. The van der Waals surface area contributed by atoms with E-state index >= 15 is 0 Å². The van der Waals surface area contributed by atoms with Crippen LogP contribution in [0.3, 0.4) is 0 Å². The highest BCUT2D eigenvalue weighted by atomic mass is 32.1. The number of hydrogen-bond donors (Lipinski definition) is 3. The van der Waals surface area contributed by atoms with Crippen LogP contribution in [0.15, 0.2) is 40.2 Å². The van der Waals surface area contributed by atoms with Gasteiger partial charge in [0.1, 0.15) is 6.61 Å². The number of carbonyl (C=O) groups is 1. The Hall–Kier alpha value is -3.63. The van der Waals surface area contributed by atoms with E-state index in [0.717, 1.165) is 16.5 Å². The molecule has 4 heterocycles. The van der Waals surface area contributed by atoms with Gasteiger partial charge in [0.2, 0.25) is 0 Å². The van der Waals surface area contributed by atoms with Crippen LogP contribution in [0.25, 0.3) is 22.3 Å². The van der Waals surface area contributed by atoms with E-state index in [1.54, 1.807) is 23.8 Å². The van der Waals surface area contributed by atoms with Gasteiger partial charge in [0.05, 0.1) is 35.2 Å². The number of nitrogens with two attached hydrogens (primary N) is 1. The number of nitrogens with zero attached hydrogens (tertiary/aromatic N) is 3. The van der Waals surface area contributed by atoms with E-state index in [4.69, 9.17) is 27.7 Å². The van der Waals surface area contributed by atoms with E-state index in [1.807, 2.05) is 24.3 Å². The molecule has 9 nitrogen and oxygen atoms in total. The van der Waals surface area contributed by atoms with Gasteiger partial charge in [-0.2, -0.15) is 5.10 Å². The van der Waals surface area contributed by atoms with Crippen LogP contribution >= 0.6 is 12.2 Å². The predicted octanol–water partition coefficient (Wildman–Crippen LogP) is 1.25. The van der Waals surface area contributed by atoms with Gasteiger partial charge in [0.25, 0.3) is 5.56 Å². The van der Waals surface area contributed by atoms with Crippen molar-refractivity contribution in [2.45, 2.75) is 32.1 Å². The normalized spacial score (nSPS) is 18.9. The van der Waals surface area contributed by atoms with Crippen LogP contribution in [0, 0.1) is 0 Å². The lowest BCUT2D eigenvalue weighted by atomic mass is 9.86. The maximum Gasteiger partial charge on any atom is 0.343 e. The summed E-state index contributed by atoms with van der Waals surface area (Å²) in [5, 5.41) is 16.0. The first-order chi connectivity index (χ1) is 15.3. The smallest absolute Gasteiger partial charge is 0.343 e. The summed E-state index contributed by atoms with van der Waals surface area (Å²) in [7, 11) is 0. The lowest BCUT2D eigenvalue weighted by Gasteiger charge is -2.31. The second-order valence-electron chi connectivity index (χ2n) is 7.71. The highest BCUT2D eigenvalue weighted by molar-refractivity contribution is 7.80. The number of aromatic nitrogens is 2. The molecule has 5 rings (SSSR count). The summed E-state index contributed by atoms with van der Waals surface area (Å²) in [6.45, 7) is 1.76. The van der Waals surface area contributed by atoms with Gasteiger partial charge >= 0.3 is 5.97 Å². The number of esters is 1. The topological polar surface area (TPSA) is 132 Å². The number of ether oxygens (including phenoxy) is 1. The lowest BCUT2D eigenvalue weighted by molar-refractivity contribution is -0.172. The van der Waals surface area contributed by atoms with E-state index in [-0.39, 0.29) is 41.4 Å². The zero-order chi connectivity index (χ0) is 22.6. The zero-order valence-corrected chi connectivity index (χ0v) is 17.9. The van der Waals surface area contributed by atoms with Crippen molar-refractivity contribution < 1.29 is 14.6 Å². The monoisotopic (exact) mass is 449 g/mol. The summed E-state index contributed by atoms with van der Waals surface area (Å²) in [4.78, 5) is 30.5. The van der Waals surface area contributed by atoms with E-state index in [1.165, 1.54) is 0 Å². The molecule has 10 heteroatoms. The van der Waals surface area contributed by atoms with Gasteiger partial charge in [-0.3, -0.25) is 10.2 Å². The van der Waals surface area contributed by atoms with Gasteiger partial charge < -0.3 is 20.1 Å². The number of thiocarbonyl (C=S) groups is 1. The molecule has 0 fully saturated rings. The average molecular weight is 449 g/mol. The zero-order valence-electron chi connectivity index (χ0n) is 17.1. The molecule has 1 aromatic carbocycles. The van der Waals surface area contributed by atoms with Crippen LogP contribution < -0.4 is 16.7 Å². The second kappa shape index (κ2) is 7.21. The first-order valence-corrected chi connectivity index (χ1v) is 10.4. The number of cyclic esters (lactones) is 1. The number of hydrogen-bond acceptors (Lipinski definition) is 7. The Kier molecular flexibility index (Phi) is 4.57. The molecule has 2 aromatic heterocycles. The van der Waals surface area contributed by atoms with Gasteiger partial charge in [-0.1, -0.05) is 25.1 Å². The fourth-order valence-electron chi connectivity index (χ4n) is 4.37. The van der Waals surface area contributed by atoms with Crippen molar-refractivity contribution in [1.29, 1.82) is 0 Å². The SMILES string of the molecule is CC[C@@]1(O)C(=O)OCc2c1cc1n(c2=O)Cc2c-1nc1ccccc1c2C=NNC(N)=S. The number of carbonyl (C=O) groups excluding carboxylic acids is 1. The summed E-state index contributed by atoms with van der Waals surface area (Å²) >= 11 is 4.82. The van der Waals surface area contributed by atoms with Crippen LogP contribution in [0.2, 0.25) is 0 Å². The van der Waals surface area contributed by atoms with Crippen LogP contribution in [-0.2, 0) is 28.3 Å². The van der Waals surface area contributed by atoms with Gasteiger partial charge in [-0.25, -0.2) is 9.78 Å². The van der Waals surface area contributed by atoms with Gasteiger partial charge in [0.15, 0.2) is 10.7 Å². The molecule has 0 bridgehead atoms. The molecule has 1 atom stereocenters. The summed E-state index contributed by atoms with van der Waals surface area (Å²) in [5.74, 6) is -0.752. The molecule has 0 amide bonds. The first kappa shape index (κ1) is 20.3. The minimum atomic E-state index is -1.87. The largest absolute Gasteiger partial charge is 0.458 e. The van der Waals surface area contributed by atoms with E-state index in [9.17, 15) is 14.7 Å². The van der Waals surface area contributed by atoms with Crippen molar-refractivity contribution in [2.75, 3.05) is 0 Å². The molecular weight excluding hydrogens is 430 g/mol. The van der Waals surface area contributed by atoms with Crippen molar-refractivity contribution in [3.05, 3.63) is 62.9 Å². The minimum absolute atomic E-state index is 0.0342. The Labute approximate surface area is 187 Å². The highest BCUT2D eigenvalue weighted by Crippen LogP contribution is 2.39. The summed E-state index contributed by atoms with van der Waals surface area (Å²) in [6.07, 6.45) is 1.69. The van der Waals surface area contributed by atoms with Crippen LogP contribution in [0.1, 0.15) is 35.6 Å². The lowest BCUT2D eigenvalue weighted by Crippen LogP contribution is -2.44. The average Bonchev–Trinajstić information content (AvgIpc) is 3.15. The Morgan fingerprint density at radius 2 is 2.19 bits per heavy atom. The Balaban J connectivity index is 1.78. The first-order valence-electron chi connectivity index (χ1n) is 10.0. The van der Waals surface area contributed by atoms with Gasteiger partial charge in [0, 0.05) is 22.1 Å². The Morgan fingerprint density at radius 1 is 1.41 bits per heavy atom. The number of hydrazone groups is 1. The molecule has 0 aliphatic carbocycles. The summed E-state index contributed by atoms with van der Waals surface area (Å²) in [6, 6.07) is 9.24. The third-order valence-corrected chi connectivity index (χ3v) is 6.10. The van der Waals surface area contributed by atoms with E-state index in [0.29, 0.717) is 16.9 Å². The molecule has 0 radical (unpaired) electrons. The molecule has 0 spiro atoms. The quantitative estimate of drug-likeness (QED) is 0.184. The molecule has 3 aromatic rings. The van der Waals surface area contributed by atoms with Crippen molar-refractivity contribution >= 4 is 40.4 Å². The maximum absolute atomic E-state index is 13.3. The minimum Gasteiger partial charge on any atom is -0.458 e. The molecule has 0 saturated carbocycles. The fraction of sp³-hybridized carbons (Fsp3) is 0.227. The molecule has 2 aliphatic heterocycles. The highest BCUT2D eigenvalue weighted by Gasteiger charge is 2.45. The Bertz CT molecular complexity index is 1410. The number of para-hydroxylation sites is 1.